The standard InChI is InChI=1S/C6H13N/c1-3-5-6-7-4-2/h6-7H,1,3-5H2,2H3. The molecule has 0 aromatic rings. The van der Waals surface area contributed by atoms with E-state index in [4.69, 9.17) is 0 Å². The summed E-state index contributed by atoms with van der Waals surface area (Å²) in [5.74, 6) is 0. The first-order valence-electron chi connectivity index (χ1n) is 2.76. The van der Waals surface area contributed by atoms with E-state index in [1.807, 2.05) is 6.54 Å². The van der Waals surface area contributed by atoms with Crippen LogP contribution in [-0.2, 0) is 0 Å². The van der Waals surface area contributed by atoms with E-state index in [1.54, 1.807) is 0 Å². The molecule has 0 atom stereocenters. The first-order valence-corrected chi connectivity index (χ1v) is 2.76. The molecule has 0 fully saturated rings. The molecule has 0 amide bonds. The summed E-state index contributed by atoms with van der Waals surface area (Å²) in [6, 6.07) is 0. The maximum Gasteiger partial charge on any atom is 0.0221 e. The van der Waals surface area contributed by atoms with Crippen LogP contribution >= 0.6 is 0 Å². The van der Waals surface area contributed by atoms with Crippen molar-refractivity contribution in [1.29, 1.82) is 0 Å². The Balaban J connectivity index is 2.45. The number of hydrogen-bond acceptors (Lipinski definition) is 1. The second-order valence-corrected chi connectivity index (χ2v) is 1.40. The van der Waals surface area contributed by atoms with Crippen LogP contribution < -0.4 is 5.32 Å². The normalized spacial score (nSPS) is 9.43. The fourth-order valence-corrected chi connectivity index (χ4v) is 0.348. The van der Waals surface area contributed by atoms with Gasteiger partial charge in [-0.1, -0.05) is 20.3 Å². The molecule has 7 heavy (non-hydrogen) atoms. The molecule has 0 aromatic heterocycles. The Kier molecular flexibility index (Phi) is 5.93. The lowest BCUT2D eigenvalue weighted by atomic mass is 10.3. The monoisotopic (exact) mass is 99.1 g/mol. The van der Waals surface area contributed by atoms with E-state index in [9.17, 15) is 0 Å². The molecule has 0 aromatic carbocycles. The number of rotatable bonds is 4. The van der Waals surface area contributed by atoms with E-state index in [-0.39, 0.29) is 0 Å². The third-order valence-corrected chi connectivity index (χ3v) is 0.697. The van der Waals surface area contributed by atoms with Crippen LogP contribution in [0.5, 0.6) is 0 Å². The Hall–Kier alpha value is -0.0400. The topological polar surface area (TPSA) is 12.0 Å². The van der Waals surface area contributed by atoms with Gasteiger partial charge in [-0.05, 0) is 13.0 Å². The summed E-state index contributed by atoms with van der Waals surface area (Å²) in [7, 11) is 0. The van der Waals surface area contributed by atoms with Crippen molar-refractivity contribution in [2.24, 2.45) is 0 Å². The zero-order valence-electron chi connectivity index (χ0n) is 4.91. The Labute approximate surface area is 46.1 Å². The lowest BCUT2D eigenvalue weighted by molar-refractivity contribution is 0.772. The molecule has 1 N–H and O–H groups in total. The molecule has 42 valence electrons. The van der Waals surface area contributed by atoms with Crippen molar-refractivity contribution in [2.45, 2.75) is 19.8 Å². The summed E-state index contributed by atoms with van der Waals surface area (Å²) in [5.41, 5.74) is 0. The van der Waals surface area contributed by atoms with Gasteiger partial charge in [0, 0.05) is 6.54 Å². The summed E-state index contributed by atoms with van der Waals surface area (Å²) in [5, 5.41) is 3.08. The van der Waals surface area contributed by atoms with Gasteiger partial charge in [0.15, 0.2) is 0 Å². The Morgan fingerprint density at radius 2 is 2.43 bits per heavy atom. The first-order chi connectivity index (χ1) is 3.41. The molecular formula is C6H13N. The van der Waals surface area contributed by atoms with Gasteiger partial charge in [-0.15, -0.1) is 0 Å². The van der Waals surface area contributed by atoms with Gasteiger partial charge in [0.05, 0.1) is 0 Å². The molecule has 0 saturated carbocycles. The molecule has 0 bridgehead atoms. The van der Waals surface area contributed by atoms with Crippen molar-refractivity contribution in [2.75, 3.05) is 6.54 Å². The average molecular weight is 99.2 g/mol. The average Bonchev–Trinajstić information content (AvgIpc) is 1.69. The summed E-state index contributed by atoms with van der Waals surface area (Å²) in [4.78, 5) is 0. The SMILES string of the molecule is [CH2]CC[CH]NCC. The van der Waals surface area contributed by atoms with Crippen LogP contribution in [0.15, 0.2) is 0 Å². The lowest BCUT2D eigenvalue weighted by Gasteiger charge is -1.94. The highest BCUT2D eigenvalue weighted by molar-refractivity contribution is 4.59. The molecular weight excluding hydrogens is 86.1 g/mol. The number of unbranched alkanes of at least 4 members (excludes halogenated alkanes) is 1. The van der Waals surface area contributed by atoms with E-state index < -0.39 is 0 Å². The van der Waals surface area contributed by atoms with Gasteiger partial charge in [0.2, 0.25) is 0 Å². The van der Waals surface area contributed by atoms with E-state index >= 15 is 0 Å². The van der Waals surface area contributed by atoms with Crippen LogP contribution in [0.3, 0.4) is 0 Å². The maximum absolute atomic E-state index is 3.69. The molecule has 0 aliphatic heterocycles. The quantitative estimate of drug-likeness (QED) is 0.525. The highest BCUT2D eigenvalue weighted by Crippen LogP contribution is 1.85. The van der Waals surface area contributed by atoms with Crippen molar-refractivity contribution in [1.82, 2.24) is 5.32 Å². The first kappa shape index (κ1) is 6.96. The summed E-state index contributed by atoms with van der Waals surface area (Å²) in [6.45, 7) is 8.85. The molecule has 1 heteroatoms. The third kappa shape index (κ3) is 5.96. The molecule has 0 heterocycles. The van der Waals surface area contributed by atoms with E-state index in [2.05, 4.69) is 19.2 Å². The molecule has 1 nitrogen and oxygen atoms in total. The fourth-order valence-electron chi connectivity index (χ4n) is 0.348. The predicted molar refractivity (Wildman–Crippen MR) is 32.6 cm³/mol. The van der Waals surface area contributed by atoms with Crippen molar-refractivity contribution in [3.05, 3.63) is 13.5 Å². The highest BCUT2D eigenvalue weighted by atomic mass is 14.8. The zero-order chi connectivity index (χ0) is 5.54. The molecule has 0 aliphatic carbocycles. The predicted octanol–water partition coefficient (Wildman–Crippen LogP) is 1.37. The van der Waals surface area contributed by atoms with Crippen LogP contribution in [0.1, 0.15) is 19.8 Å². The van der Waals surface area contributed by atoms with Crippen molar-refractivity contribution in [3.63, 3.8) is 0 Å². The number of hydrogen-bond donors (Lipinski definition) is 1. The largest absolute Gasteiger partial charge is 0.313 e. The molecule has 0 rings (SSSR count). The van der Waals surface area contributed by atoms with Crippen LogP contribution in [0.4, 0.5) is 0 Å². The Morgan fingerprint density at radius 3 is 2.86 bits per heavy atom. The minimum atomic E-state index is 0.993. The minimum Gasteiger partial charge on any atom is -0.313 e. The van der Waals surface area contributed by atoms with Gasteiger partial charge in [-0.25, -0.2) is 0 Å². The van der Waals surface area contributed by atoms with Gasteiger partial charge < -0.3 is 5.32 Å². The zero-order valence-corrected chi connectivity index (χ0v) is 4.91. The second kappa shape index (κ2) is 5.96. The van der Waals surface area contributed by atoms with Gasteiger partial charge in [0.1, 0.15) is 0 Å². The van der Waals surface area contributed by atoms with Crippen molar-refractivity contribution in [3.8, 4) is 0 Å². The smallest absolute Gasteiger partial charge is 0.0221 e. The molecule has 0 unspecified atom stereocenters. The van der Waals surface area contributed by atoms with Crippen molar-refractivity contribution >= 4 is 0 Å². The molecule has 0 saturated heterocycles. The maximum atomic E-state index is 3.69. The van der Waals surface area contributed by atoms with Crippen LogP contribution in [0.25, 0.3) is 0 Å². The second-order valence-electron chi connectivity index (χ2n) is 1.40. The van der Waals surface area contributed by atoms with Gasteiger partial charge in [0.25, 0.3) is 0 Å². The molecule has 2 radical (unpaired) electrons. The minimum absolute atomic E-state index is 0.993. The van der Waals surface area contributed by atoms with Crippen LogP contribution in [-0.4, -0.2) is 6.54 Å². The van der Waals surface area contributed by atoms with Gasteiger partial charge in [-0.2, -0.15) is 0 Å². The lowest BCUT2D eigenvalue weighted by Crippen LogP contribution is -2.07. The molecule has 0 aliphatic rings. The number of nitrogens with one attached hydrogen (secondary N) is 1. The van der Waals surface area contributed by atoms with E-state index in [0.717, 1.165) is 19.4 Å². The van der Waals surface area contributed by atoms with E-state index in [1.165, 1.54) is 0 Å². The van der Waals surface area contributed by atoms with E-state index in [0.29, 0.717) is 0 Å². The fraction of sp³-hybridized carbons (Fsp3) is 0.667. The highest BCUT2D eigenvalue weighted by Gasteiger charge is 1.78. The molecule has 0 spiro atoms. The summed E-state index contributed by atoms with van der Waals surface area (Å²) >= 11 is 0. The van der Waals surface area contributed by atoms with Crippen molar-refractivity contribution < 1.29 is 0 Å². The van der Waals surface area contributed by atoms with Crippen LogP contribution in [0.2, 0.25) is 0 Å². The third-order valence-electron chi connectivity index (χ3n) is 0.697. The van der Waals surface area contributed by atoms with Gasteiger partial charge in [-0.3, -0.25) is 0 Å². The van der Waals surface area contributed by atoms with Gasteiger partial charge >= 0.3 is 0 Å². The summed E-state index contributed by atoms with van der Waals surface area (Å²) < 4.78 is 0. The Morgan fingerprint density at radius 1 is 1.71 bits per heavy atom. The van der Waals surface area contributed by atoms with Crippen LogP contribution in [0, 0.1) is 13.5 Å². The summed E-state index contributed by atoms with van der Waals surface area (Å²) in [6.07, 6.45) is 2.07. The Bertz CT molecular complexity index is 23.4.